The molecular weight excluding hydrogens is 201 g/mol. The van der Waals surface area contributed by atoms with Crippen LogP contribution >= 0.6 is 0 Å². The van der Waals surface area contributed by atoms with Gasteiger partial charge in [0.2, 0.25) is 0 Å². The lowest BCUT2D eigenvalue weighted by Crippen LogP contribution is -1.99. The molecule has 0 fully saturated rings. The topological polar surface area (TPSA) is 52.4 Å². The van der Waals surface area contributed by atoms with E-state index < -0.39 is 17.5 Å². The summed E-state index contributed by atoms with van der Waals surface area (Å²) in [7, 11) is 1.40. The molecule has 1 unspecified atom stereocenters. The first-order valence-corrected chi connectivity index (χ1v) is 4.31. The summed E-state index contributed by atoms with van der Waals surface area (Å²) in [5, 5.41) is 10.6. The summed E-state index contributed by atoms with van der Waals surface area (Å²) in [6, 6.07) is 4.14. The van der Waals surface area contributed by atoms with Crippen LogP contribution < -0.4 is 4.74 Å². The minimum absolute atomic E-state index is 0.119. The number of methoxy groups -OCH3 is 1. The second-order valence-electron chi connectivity index (χ2n) is 3.07. The highest BCUT2D eigenvalue weighted by Crippen LogP contribution is 2.27. The zero-order valence-electron chi connectivity index (χ0n) is 8.27. The summed E-state index contributed by atoms with van der Waals surface area (Å²) < 4.78 is 17.3. The van der Waals surface area contributed by atoms with Crippen molar-refractivity contribution in [2.45, 2.75) is 5.92 Å². The summed E-state index contributed by atoms with van der Waals surface area (Å²) in [5.41, 5.74) is 0.343. The van der Waals surface area contributed by atoms with Crippen LogP contribution in [-0.2, 0) is 0 Å². The van der Waals surface area contributed by atoms with Crippen LogP contribution in [-0.4, -0.2) is 18.7 Å². The quantitative estimate of drug-likeness (QED) is 0.569. The monoisotopic (exact) mass is 212 g/mol. The minimum atomic E-state index is -0.662. The number of nitrogens with zero attached hydrogens (tertiary/aromatic N) is 1. The number of hydrogen-bond acceptors (Lipinski definition) is 3. The van der Waals surface area contributed by atoms with E-state index in [1.807, 2.05) is 0 Å². The maximum atomic E-state index is 12.4. The largest absolute Gasteiger partial charge is 0.496 e. The average Bonchev–Trinajstić information content (AvgIpc) is 2.27. The van der Waals surface area contributed by atoms with E-state index in [2.05, 4.69) is 6.92 Å². The van der Waals surface area contributed by atoms with Gasteiger partial charge < -0.3 is 4.74 Å². The zero-order valence-corrected chi connectivity index (χ0v) is 8.27. The molecule has 0 spiro atoms. The summed E-state index contributed by atoms with van der Waals surface area (Å²) in [6.45, 7) is 2.89. The van der Waals surface area contributed by atoms with Gasteiger partial charge in [0.25, 0.3) is 5.69 Å². The molecule has 1 atom stereocenters. The second-order valence-corrected chi connectivity index (χ2v) is 3.07. The fraction of sp³-hybridized carbons (Fsp3) is 0.300. The molecule has 0 N–H and O–H groups in total. The summed E-state index contributed by atoms with van der Waals surface area (Å²) in [6.07, 6.45) is 0. The predicted octanol–water partition coefficient (Wildman–Crippen LogP) is 2.49. The normalized spacial score (nSPS) is 12.2. The van der Waals surface area contributed by atoms with E-state index in [1.165, 1.54) is 19.2 Å². The van der Waals surface area contributed by atoms with Crippen LogP contribution in [0.2, 0.25) is 0 Å². The molecule has 4 nitrogen and oxygen atoms in total. The lowest BCUT2D eigenvalue weighted by Gasteiger charge is -2.08. The molecule has 0 bridgehead atoms. The second kappa shape index (κ2) is 4.72. The van der Waals surface area contributed by atoms with Gasteiger partial charge in [-0.25, -0.2) is 0 Å². The van der Waals surface area contributed by atoms with E-state index in [-0.39, 0.29) is 5.69 Å². The molecule has 15 heavy (non-hydrogen) atoms. The van der Waals surface area contributed by atoms with Crippen molar-refractivity contribution in [1.82, 2.24) is 0 Å². The molecule has 0 aliphatic rings. The number of non-ortho nitro benzene ring substituents is 1. The smallest absolute Gasteiger partial charge is 0.273 e. The van der Waals surface area contributed by atoms with Gasteiger partial charge in [0.1, 0.15) is 5.75 Å². The Kier molecular flexibility index (Phi) is 3.60. The molecule has 0 saturated heterocycles. The van der Waals surface area contributed by atoms with Crippen molar-refractivity contribution in [3.8, 4) is 5.75 Å². The minimum Gasteiger partial charge on any atom is -0.496 e. The van der Waals surface area contributed by atoms with Crippen molar-refractivity contribution in [1.29, 1.82) is 0 Å². The fourth-order valence-corrected chi connectivity index (χ4v) is 1.15. The molecule has 0 aliphatic heterocycles. The first kappa shape index (κ1) is 11.4. The molecule has 0 heterocycles. The third-order valence-corrected chi connectivity index (χ3v) is 2.02. The molecule has 1 radical (unpaired) electrons. The van der Waals surface area contributed by atoms with Gasteiger partial charge in [0.15, 0.2) is 0 Å². The van der Waals surface area contributed by atoms with Crippen molar-refractivity contribution < 1.29 is 14.1 Å². The Hall–Kier alpha value is -1.65. The van der Waals surface area contributed by atoms with Crippen molar-refractivity contribution in [3.63, 3.8) is 0 Å². The molecular formula is C10H11FNO3. The standard InChI is InChI=1S/C10H11FNO3/c1-7(6-11)8-3-9(12(13)14)5-10(4-8)15-2/h3-5,7H,1,6H2,2H3. The zero-order chi connectivity index (χ0) is 11.4. The number of nitro groups is 1. The Morgan fingerprint density at radius 3 is 2.73 bits per heavy atom. The maximum absolute atomic E-state index is 12.4. The van der Waals surface area contributed by atoms with Crippen LogP contribution in [0.15, 0.2) is 18.2 Å². The van der Waals surface area contributed by atoms with E-state index in [9.17, 15) is 14.5 Å². The molecule has 81 valence electrons. The van der Waals surface area contributed by atoms with Gasteiger partial charge in [-0.15, -0.1) is 0 Å². The molecule has 5 heteroatoms. The first-order valence-electron chi connectivity index (χ1n) is 4.31. The summed E-state index contributed by atoms with van der Waals surface area (Å²) in [5.74, 6) is -0.278. The van der Waals surface area contributed by atoms with Crippen molar-refractivity contribution in [2.75, 3.05) is 13.8 Å². The summed E-state index contributed by atoms with van der Waals surface area (Å²) in [4.78, 5) is 10.0. The van der Waals surface area contributed by atoms with E-state index >= 15 is 0 Å². The molecule has 0 aliphatic carbocycles. The van der Waals surface area contributed by atoms with Crippen LogP contribution in [0.1, 0.15) is 11.5 Å². The Bertz CT molecular complexity index is 368. The Balaban J connectivity index is 3.16. The number of halogens is 1. The van der Waals surface area contributed by atoms with Gasteiger partial charge in [0, 0.05) is 12.0 Å². The van der Waals surface area contributed by atoms with Crippen LogP contribution in [0.25, 0.3) is 0 Å². The van der Waals surface area contributed by atoms with E-state index in [0.29, 0.717) is 11.3 Å². The van der Waals surface area contributed by atoms with E-state index in [1.54, 1.807) is 6.07 Å². The van der Waals surface area contributed by atoms with E-state index in [4.69, 9.17) is 4.74 Å². The number of benzene rings is 1. The van der Waals surface area contributed by atoms with Crippen LogP contribution in [0.3, 0.4) is 0 Å². The number of rotatable bonds is 4. The van der Waals surface area contributed by atoms with Crippen LogP contribution in [0.5, 0.6) is 5.75 Å². The molecule has 1 aromatic carbocycles. The lowest BCUT2D eigenvalue weighted by atomic mass is 10.0. The Labute approximate surface area is 86.8 Å². The number of nitro benzene ring substituents is 1. The molecule has 1 rings (SSSR count). The van der Waals surface area contributed by atoms with Crippen molar-refractivity contribution in [3.05, 3.63) is 40.8 Å². The van der Waals surface area contributed by atoms with Gasteiger partial charge in [-0.05, 0) is 18.6 Å². The number of hydrogen-bond donors (Lipinski definition) is 0. The van der Waals surface area contributed by atoms with Crippen LogP contribution in [0, 0.1) is 17.0 Å². The molecule has 0 amide bonds. The summed E-state index contributed by atoms with van der Waals surface area (Å²) >= 11 is 0. The third kappa shape index (κ3) is 2.65. The highest BCUT2D eigenvalue weighted by Gasteiger charge is 2.14. The highest BCUT2D eigenvalue weighted by molar-refractivity contribution is 5.44. The van der Waals surface area contributed by atoms with Crippen molar-refractivity contribution >= 4 is 5.69 Å². The average molecular weight is 212 g/mol. The fourth-order valence-electron chi connectivity index (χ4n) is 1.15. The Morgan fingerprint density at radius 2 is 2.27 bits per heavy atom. The van der Waals surface area contributed by atoms with Gasteiger partial charge >= 0.3 is 0 Å². The van der Waals surface area contributed by atoms with Gasteiger partial charge in [-0.3, -0.25) is 14.5 Å². The molecule has 0 saturated carbocycles. The first-order chi connectivity index (χ1) is 7.08. The van der Waals surface area contributed by atoms with Crippen molar-refractivity contribution in [2.24, 2.45) is 0 Å². The maximum Gasteiger partial charge on any atom is 0.273 e. The van der Waals surface area contributed by atoms with Gasteiger partial charge in [0.05, 0.1) is 24.8 Å². The lowest BCUT2D eigenvalue weighted by molar-refractivity contribution is -0.385. The van der Waals surface area contributed by atoms with Gasteiger partial charge in [-0.1, -0.05) is 0 Å². The number of alkyl halides is 1. The van der Waals surface area contributed by atoms with Gasteiger partial charge in [-0.2, -0.15) is 0 Å². The SMILES string of the molecule is [CH2]C(CF)c1cc(OC)cc([N+](=O)[O-])c1. The van der Waals surface area contributed by atoms with Crippen LogP contribution in [0.4, 0.5) is 10.1 Å². The highest BCUT2D eigenvalue weighted by atomic mass is 19.1. The molecule has 1 aromatic rings. The Morgan fingerprint density at radius 1 is 1.60 bits per heavy atom. The predicted molar refractivity (Wildman–Crippen MR) is 53.7 cm³/mol. The van der Waals surface area contributed by atoms with E-state index in [0.717, 1.165) is 0 Å². The number of ether oxygens (including phenoxy) is 1. The molecule has 0 aromatic heterocycles. The third-order valence-electron chi connectivity index (χ3n) is 2.02.